The molecule has 2 aliphatic rings. The molecule has 0 fully saturated rings. The number of nitrogens with one attached hydrogen (secondary N) is 3. The van der Waals surface area contributed by atoms with Crippen LogP contribution in [-0.4, -0.2) is 35.1 Å². The van der Waals surface area contributed by atoms with Gasteiger partial charge in [-0.25, -0.2) is 0 Å². The second kappa shape index (κ2) is 7.95. The van der Waals surface area contributed by atoms with Crippen molar-refractivity contribution in [2.75, 3.05) is 13.6 Å². The number of carbonyl (C=O) groups excluding carboxylic acids is 2. The number of nitrogens with zero attached hydrogens (tertiary/aromatic N) is 1. The summed E-state index contributed by atoms with van der Waals surface area (Å²) in [6, 6.07) is 16.6. The van der Waals surface area contributed by atoms with Crippen LogP contribution in [0.1, 0.15) is 38.3 Å². The van der Waals surface area contributed by atoms with Crippen molar-refractivity contribution in [2.24, 2.45) is 0 Å². The molecule has 6 rings (SSSR count). The number of rotatable bonds is 4. The van der Waals surface area contributed by atoms with Crippen LogP contribution >= 0.6 is 12.2 Å². The molecule has 2 heterocycles. The van der Waals surface area contributed by atoms with Crippen molar-refractivity contribution in [3.05, 3.63) is 70.8 Å². The van der Waals surface area contributed by atoms with E-state index in [1.54, 1.807) is 7.05 Å². The SMILES string of the molecule is CNC(=S)NCCCn1c2ccccc2c2c3c(c4c(c21)-c1ccccc1CC4)C(=O)NC3=O. The third-order valence-electron chi connectivity index (χ3n) is 6.99. The number of aryl methyl sites for hydroxylation is 2. The van der Waals surface area contributed by atoms with Crippen molar-refractivity contribution in [1.29, 1.82) is 0 Å². The topological polar surface area (TPSA) is 75.2 Å². The van der Waals surface area contributed by atoms with Gasteiger partial charge in [0.15, 0.2) is 5.11 Å². The molecule has 6 nitrogen and oxygen atoms in total. The Hall–Kier alpha value is -3.71. The van der Waals surface area contributed by atoms with Crippen LogP contribution in [0.15, 0.2) is 48.5 Å². The number of thiocarbonyl (C=S) groups is 1. The normalized spacial score (nSPS) is 14.0. The Morgan fingerprint density at radius 3 is 2.62 bits per heavy atom. The second-order valence-electron chi connectivity index (χ2n) is 8.80. The number of benzene rings is 3. The standard InChI is InChI=1S/C27H24N4O2S/c1-28-27(34)29-13-6-14-31-19-10-5-4-9-17(19)21-23-22(25(32)30-26(23)33)18-12-11-15-7-2-3-8-16(15)20(18)24(21)31/h2-5,7-10H,6,11-14H2,1H3,(H2,28,29,34)(H,30,32,33). The van der Waals surface area contributed by atoms with Gasteiger partial charge < -0.3 is 15.2 Å². The van der Waals surface area contributed by atoms with Crippen LogP contribution in [0.25, 0.3) is 32.9 Å². The maximum Gasteiger partial charge on any atom is 0.259 e. The van der Waals surface area contributed by atoms with Gasteiger partial charge in [-0.1, -0.05) is 42.5 Å². The third kappa shape index (κ3) is 2.97. The van der Waals surface area contributed by atoms with Crippen molar-refractivity contribution in [3.63, 3.8) is 0 Å². The molecule has 7 heteroatoms. The predicted molar refractivity (Wildman–Crippen MR) is 138 cm³/mol. The molecule has 0 bridgehead atoms. The maximum atomic E-state index is 13.1. The highest BCUT2D eigenvalue weighted by Crippen LogP contribution is 2.47. The molecule has 1 aliphatic carbocycles. The number of hydrogen-bond acceptors (Lipinski definition) is 3. The summed E-state index contributed by atoms with van der Waals surface area (Å²) in [6.07, 6.45) is 2.45. The zero-order chi connectivity index (χ0) is 23.4. The van der Waals surface area contributed by atoms with Crippen LogP contribution in [0.5, 0.6) is 0 Å². The number of para-hydroxylation sites is 1. The van der Waals surface area contributed by atoms with Crippen LogP contribution in [-0.2, 0) is 19.4 Å². The molecule has 0 saturated carbocycles. The minimum atomic E-state index is -0.296. The Morgan fingerprint density at radius 1 is 1.00 bits per heavy atom. The Bertz CT molecular complexity index is 1540. The van der Waals surface area contributed by atoms with Gasteiger partial charge in [0.2, 0.25) is 0 Å². The van der Waals surface area contributed by atoms with E-state index in [1.165, 1.54) is 5.56 Å². The zero-order valence-corrected chi connectivity index (χ0v) is 19.6. The minimum Gasteiger partial charge on any atom is -0.366 e. The highest BCUT2D eigenvalue weighted by Gasteiger charge is 2.37. The summed E-state index contributed by atoms with van der Waals surface area (Å²) < 4.78 is 2.33. The van der Waals surface area contributed by atoms with Crippen LogP contribution in [0.2, 0.25) is 0 Å². The van der Waals surface area contributed by atoms with Crippen molar-refractivity contribution < 1.29 is 9.59 Å². The fourth-order valence-corrected chi connectivity index (χ4v) is 5.71. The summed E-state index contributed by atoms with van der Waals surface area (Å²) in [4.78, 5) is 26.1. The minimum absolute atomic E-state index is 0.279. The van der Waals surface area contributed by atoms with Crippen molar-refractivity contribution >= 4 is 51.0 Å². The van der Waals surface area contributed by atoms with Gasteiger partial charge in [0.05, 0.1) is 16.6 Å². The lowest BCUT2D eigenvalue weighted by Crippen LogP contribution is -2.33. The Balaban J connectivity index is 1.67. The van der Waals surface area contributed by atoms with E-state index in [-0.39, 0.29) is 11.8 Å². The summed E-state index contributed by atoms with van der Waals surface area (Å²) in [6.45, 7) is 1.49. The number of amides is 2. The van der Waals surface area contributed by atoms with Crippen LogP contribution < -0.4 is 16.0 Å². The molecule has 2 amide bonds. The molecule has 0 unspecified atom stereocenters. The monoisotopic (exact) mass is 468 g/mol. The van der Waals surface area contributed by atoms with E-state index in [2.05, 4.69) is 50.8 Å². The number of aromatic nitrogens is 1. The maximum absolute atomic E-state index is 13.1. The van der Waals surface area contributed by atoms with Crippen molar-refractivity contribution in [2.45, 2.75) is 25.8 Å². The van der Waals surface area contributed by atoms with Crippen molar-refractivity contribution in [1.82, 2.24) is 20.5 Å². The number of imide groups is 1. The molecule has 1 aliphatic heterocycles. The number of fused-ring (bicyclic) bond motifs is 10. The molecule has 4 aromatic rings. The van der Waals surface area contributed by atoms with Gasteiger partial charge in [0.1, 0.15) is 0 Å². The van der Waals surface area contributed by atoms with Crippen LogP contribution in [0.3, 0.4) is 0 Å². The third-order valence-corrected chi connectivity index (χ3v) is 7.34. The molecule has 170 valence electrons. The number of carbonyl (C=O) groups is 2. The Morgan fingerprint density at radius 2 is 1.76 bits per heavy atom. The first-order valence-corrected chi connectivity index (χ1v) is 12.0. The van der Waals surface area contributed by atoms with Gasteiger partial charge >= 0.3 is 0 Å². The Kier molecular flexibility index (Phi) is 4.88. The van der Waals surface area contributed by atoms with Gasteiger partial charge in [-0.15, -0.1) is 0 Å². The van der Waals surface area contributed by atoms with E-state index in [0.29, 0.717) is 16.2 Å². The van der Waals surface area contributed by atoms with Gasteiger partial charge in [-0.2, -0.15) is 0 Å². The van der Waals surface area contributed by atoms with E-state index in [1.807, 2.05) is 18.2 Å². The predicted octanol–water partition coefficient (Wildman–Crippen LogP) is 3.93. The summed E-state index contributed by atoms with van der Waals surface area (Å²) in [5.74, 6) is -0.574. The lowest BCUT2D eigenvalue weighted by Gasteiger charge is -2.24. The van der Waals surface area contributed by atoms with Gasteiger partial charge in [0.25, 0.3) is 11.8 Å². The van der Waals surface area contributed by atoms with Gasteiger partial charge in [-0.05, 0) is 54.2 Å². The van der Waals surface area contributed by atoms with E-state index >= 15 is 0 Å². The second-order valence-corrected chi connectivity index (χ2v) is 9.20. The molecule has 34 heavy (non-hydrogen) atoms. The van der Waals surface area contributed by atoms with Crippen molar-refractivity contribution in [3.8, 4) is 11.1 Å². The highest BCUT2D eigenvalue weighted by atomic mass is 32.1. The lowest BCUT2D eigenvalue weighted by molar-refractivity contribution is 0.0880. The molecule has 0 atom stereocenters. The fourth-order valence-electron chi connectivity index (χ4n) is 5.61. The average molecular weight is 469 g/mol. The molecular formula is C27H24N4O2S. The summed E-state index contributed by atoms with van der Waals surface area (Å²) >= 11 is 5.22. The summed E-state index contributed by atoms with van der Waals surface area (Å²) in [7, 11) is 1.80. The van der Waals surface area contributed by atoms with Gasteiger partial charge in [0, 0.05) is 42.0 Å². The molecule has 1 aromatic heterocycles. The van der Waals surface area contributed by atoms with Gasteiger partial charge in [-0.3, -0.25) is 14.9 Å². The first kappa shape index (κ1) is 20.9. The molecule has 3 N–H and O–H groups in total. The summed E-state index contributed by atoms with van der Waals surface area (Å²) in [5, 5.41) is 11.2. The van der Waals surface area contributed by atoms with Crippen LogP contribution in [0.4, 0.5) is 0 Å². The summed E-state index contributed by atoms with van der Waals surface area (Å²) in [5.41, 5.74) is 7.72. The molecule has 0 radical (unpaired) electrons. The van der Waals surface area contributed by atoms with E-state index < -0.39 is 0 Å². The first-order valence-electron chi connectivity index (χ1n) is 11.6. The van der Waals surface area contributed by atoms with E-state index in [4.69, 9.17) is 12.2 Å². The molecule has 0 spiro atoms. The van der Waals surface area contributed by atoms with Crippen LogP contribution in [0, 0.1) is 0 Å². The molecular weight excluding hydrogens is 444 g/mol. The zero-order valence-electron chi connectivity index (χ0n) is 18.8. The molecule has 3 aromatic carbocycles. The van der Waals surface area contributed by atoms with E-state index in [9.17, 15) is 9.59 Å². The fraction of sp³-hybridized carbons (Fsp3) is 0.222. The van der Waals surface area contributed by atoms with E-state index in [0.717, 1.165) is 70.8 Å². The highest BCUT2D eigenvalue weighted by molar-refractivity contribution is 7.80. The lowest BCUT2D eigenvalue weighted by atomic mass is 9.80. The largest absolute Gasteiger partial charge is 0.366 e. The quantitative estimate of drug-likeness (QED) is 0.240. The smallest absolute Gasteiger partial charge is 0.259 e. The first-order chi connectivity index (χ1) is 16.6. The molecule has 0 saturated heterocycles. The average Bonchev–Trinajstić information content (AvgIpc) is 3.34. The number of hydrogen-bond donors (Lipinski definition) is 3. The Labute approximate surface area is 202 Å².